The molecule has 0 N–H and O–H groups in total. The summed E-state index contributed by atoms with van der Waals surface area (Å²) in [5.74, 6) is 0.858. The minimum absolute atomic E-state index is 0.858. The first-order valence-electron chi connectivity index (χ1n) is 11.9. The Morgan fingerprint density at radius 2 is 1.76 bits per heavy atom. The second kappa shape index (κ2) is 9.67. The molecule has 0 atom stereocenters. The Kier molecular flexibility index (Phi) is 6.31. The van der Waals surface area contributed by atoms with Crippen LogP contribution in [0.4, 0.5) is 5.69 Å². The lowest BCUT2D eigenvalue weighted by Crippen LogP contribution is -2.46. The summed E-state index contributed by atoms with van der Waals surface area (Å²) in [4.78, 5) is 9.75. The number of hydrogen-bond acceptors (Lipinski definition) is 4. The molecule has 1 aliphatic rings. The SMILES string of the molecule is CCCN1CCN(c2ccc(Cc3ccc(-c4cccc(OC)c4)n4ccnc34)cc2)CC1. The van der Waals surface area contributed by atoms with Gasteiger partial charge in [0.05, 0.1) is 12.8 Å². The summed E-state index contributed by atoms with van der Waals surface area (Å²) >= 11 is 0. The Balaban J connectivity index is 1.33. The molecule has 5 heteroatoms. The van der Waals surface area contributed by atoms with E-state index in [-0.39, 0.29) is 0 Å². The fraction of sp³-hybridized carbons (Fsp3) is 0.321. The van der Waals surface area contributed by atoms with Gasteiger partial charge in [0, 0.05) is 56.2 Å². The minimum atomic E-state index is 0.858. The van der Waals surface area contributed by atoms with Gasteiger partial charge in [0.1, 0.15) is 11.4 Å². The fourth-order valence-corrected chi connectivity index (χ4v) is 4.82. The molecule has 2 aromatic carbocycles. The van der Waals surface area contributed by atoms with Crippen LogP contribution in [0.5, 0.6) is 5.75 Å². The first kappa shape index (κ1) is 21.5. The zero-order chi connectivity index (χ0) is 22.6. The Morgan fingerprint density at radius 1 is 0.939 bits per heavy atom. The van der Waals surface area contributed by atoms with Crippen molar-refractivity contribution in [3.63, 3.8) is 0 Å². The van der Waals surface area contributed by atoms with Gasteiger partial charge in [-0.3, -0.25) is 9.30 Å². The van der Waals surface area contributed by atoms with Crippen LogP contribution in [-0.2, 0) is 6.42 Å². The topological polar surface area (TPSA) is 33.0 Å². The first-order valence-corrected chi connectivity index (χ1v) is 11.9. The van der Waals surface area contributed by atoms with E-state index in [9.17, 15) is 0 Å². The van der Waals surface area contributed by atoms with Crippen LogP contribution in [0.1, 0.15) is 24.5 Å². The molecule has 5 rings (SSSR count). The summed E-state index contributed by atoms with van der Waals surface area (Å²) in [7, 11) is 1.70. The normalized spacial score (nSPS) is 14.7. The summed E-state index contributed by atoms with van der Waals surface area (Å²) in [6.07, 6.45) is 6.02. The third kappa shape index (κ3) is 4.60. The number of pyridine rings is 1. The molecule has 4 aromatic rings. The summed E-state index contributed by atoms with van der Waals surface area (Å²) in [6, 6.07) is 21.6. The van der Waals surface area contributed by atoms with Crippen molar-refractivity contribution in [1.29, 1.82) is 0 Å². The van der Waals surface area contributed by atoms with Crippen molar-refractivity contribution in [3.05, 3.63) is 84.2 Å². The molecule has 3 heterocycles. The zero-order valence-electron chi connectivity index (χ0n) is 19.6. The largest absolute Gasteiger partial charge is 0.497 e. The average molecular weight is 441 g/mol. The lowest BCUT2D eigenvalue weighted by molar-refractivity contribution is 0.258. The van der Waals surface area contributed by atoms with E-state index >= 15 is 0 Å². The second-order valence-corrected chi connectivity index (χ2v) is 8.77. The highest BCUT2D eigenvalue weighted by molar-refractivity contribution is 5.67. The number of ether oxygens (including phenoxy) is 1. The van der Waals surface area contributed by atoms with Crippen LogP contribution < -0.4 is 9.64 Å². The molecular weight excluding hydrogens is 408 g/mol. The number of hydrogen-bond donors (Lipinski definition) is 0. The molecule has 5 nitrogen and oxygen atoms in total. The van der Waals surface area contributed by atoms with Crippen LogP contribution in [0, 0.1) is 0 Å². The van der Waals surface area contributed by atoms with Gasteiger partial charge < -0.3 is 9.64 Å². The Morgan fingerprint density at radius 3 is 2.52 bits per heavy atom. The van der Waals surface area contributed by atoms with Crippen molar-refractivity contribution in [2.45, 2.75) is 19.8 Å². The van der Waals surface area contributed by atoms with Gasteiger partial charge in [-0.1, -0.05) is 37.3 Å². The van der Waals surface area contributed by atoms with Gasteiger partial charge in [0.15, 0.2) is 0 Å². The number of imidazole rings is 1. The molecule has 170 valence electrons. The van der Waals surface area contributed by atoms with Crippen molar-refractivity contribution in [2.75, 3.05) is 44.7 Å². The number of fused-ring (bicyclic) bond motifs is 1. The second-order valence-electron chi connectivity index (χ2n) is 8.77. The van der Waals surface area contributed by atoms with E-state index in [2.05, 4.69) is 74.6 Å². The summed E-state index contributed by atoms with van der Waals surface area (Å²) in [5.41, 5.74) is 7.10. The molecule has 0 unspecified atom stereocenters. The maximum absolute atomic E-state index is 5.41. The first-order chi connectivity index (χ1) is 16.2. The van der Waals surface area contributed by atoms with E-state index in [4.69, 9.17) is 4.74 Å². The molecule has 0 saturated carbocycles. The number of methoxy groups -OCH3 is 1. The minimum Gasteiger partial charge on any atom is -0.497 e. The van der Waals surface area contributed by atoms with Crippen molar-refractivity contribution in [2.24, 2.45) is 0 Å². The number of anilines is 1. The summed E-state index contributed by atoms with van der Waals surface area (Å²) in [5, 5.41) is 0. The van der Waals surface area contributed by atoms with Crippen LogP contribution in [0.3, 0.4) is 0 Å². The predicted molar refractivity (Wildman–Crippen MR) is 135 cm³/mol. The Labute approximate surface area is 196 Å². The molecule has 0 radical (unpaired) electrons. The maximum atomic E-state index is 5.41. The molecule has 0 amide bonds. The van der Waals surface area contributed by atoms with E-state index < -0.39 is 0 Å². The quantitative estimate of drug-likeness (QED) is 0.399. The average Bonchev–Trinajstić information content (AvgIpc) is 3.36. The van der Waals surface area contributed by atoms with Crippen LogP contribution in [-0.4, -0.2) is 54.1 Å². The zero-order valence-corrected chi connectivity index (χ0v) is 19.6. The van der Waals surface area contributed by atoms with Gasteiger partial charge in [-0.25, -0.2) is 4.98 Å². The van der Waals surface area contributed by atoms with E-state index in [0.29, 0.717) is 0 Å². The summed E-state index contributed by atoms with van der Waals surface area (Å²) < 4.78 is 7.59. The van der Waals surface area contributed by atoms with E-state index in [1.165, 1.54) is 29.8 Å². The van der Waals surface area contributed by atoms with Crippen molar-refractivity contribution in [3.8, 4) is 17.0 Å². The van der Waals surface area contributed by atoms with Crippen LogP contribution in [0.25, 0.3) is 16.9 Å². The van der Waals surface area contributed by atoms with Crippen molar-refractivity contribution in [1.82, 2.24) is 14.3 Å². The van der Waals surface area contributed by atoms with E-state index in [1.54, 1.807) is 7.11 Å². The molecule has 2 aromatic heterocycles. The van der Waals surface area contributed by atoms with E-state index in [1.807, 2.05) is 24.5 Å². The molecule has 0 spiro atoms. The Bertz CT molecular complexity index is 1210. The van der Waals surface area contributed by atoms with Gasteiger partial charge in [0.2, 0.25) is 0 Å². The number of rotatable bonds is 7. The van der Waals surface area contributed by atoms with Gasteiger partial charge in [-0.15, -0.1) is 0 Å². The third-order valence-corrected chi connectivity index (χ3v) is 6.60. The molecule has 0 aliphatic carbocycles. The highest BCUT2D eigenvalue weighted by Gasteiger charge is 2.16. The van der Waals surface area contributed by atoms with Gasteiger partial charge in [-0.2, -0.15) is 0 Å². The molecule has 1 saturated heterocycles. The van der Waals surface area contributed by atoms with Crippen molar-refractivity contribution >= 4 is 11.3 Å². The fourth-order valence-electron chi connectivity index (χ4n) is 4.82. The Hall–Kier alpha value is -3.31. The van der Waals surface area contributed by atoms with Gasteiger partial charge in [-0.05, 0) is 54.4 Å². The molecule has 33 heavy (non-hydrogen) atoms. The van der Waals surface area contributed by atoms with Crippen LogP contribution >= 0.6 is 0 Å². The number of aromatic nitrogens is 2. The van der Waals surface area contributed by atoms with Crippen LogP contribution in [0.2, 0.25) is 0 Å². The molecule has 1 fully saturated rings. The third-order valence-electron chi connectivity index (χ3n) is 6.60. The smallest absolute Gasteiger partial charge is 0.140 e. The monoisotopic (exact) mass is 440 g/mol. The standard InChI is InChI=1S/C28H32N4O/c1-3-14-30-16-18-31(19-17-30)25-10-7-22(8-11-25)20-24-9-12-27(32-15-13-29-28(24)32)23-5-4-6-26(21-23)33-2/h4-13,15,21H,3,14,16-20H2,1-2H3. The lowest BCUT2D eigenvalue weighted by atomic mass is 10.0. The number of benzene rings is 2. The van der Waals surface area contributed by atoms with Gasteiger partial charge >= 0.3 is 0 Å². The number of nitrogens with zero attached hydrogens (tertiary/aromatic N) is 4. The molecular formula is C28H32N4O. The van der Waals surface area contributed by atoms with E-state index in [0.717, 1.165) is 55.3 Å². The van der Waals surface area contributed by atoms with Crippen LogP contribution in [0.15, 0.2) is 73.1 Å². The summed E-state index contributed by atoms with van der Waals surface area (Å²) in [6.45, 7) is 8.01. The highest BCUT2D eigenvalue weighted by Crippen LogP contribution is 2.27. The number of piperazine rings is 1. The lowest BCUT2D eigenvalue weighted by Gasteiger charge is -2.36. The predicted octanol–water partition coefficient (Wildman–Crippen LogP) is 5.13. The molecule has 0 bridgehead atoms. The van der Waals surface area contributed by atoms with Crippen molar-refractivity contribution < 1.29 is 4.74 Å². The maximum Gasteiger partial charge on any atom is 0.140 e. The molecule has 1 aliphatic heterocycles. The van der Waals surface area contributed by atoms with Gasteiger partial charge in [0.25, 0.3) is 0 Å². The highest BCUT2D eigenvalue weighted by atomic mass is 16.5.